The normalized spacial score (nSPS) is 24.2. The summed E-state index contributed by atoms with van der Waals surface area (Å²) in [6, 6.07) is -2.81. The number of nitrogens with one attached hydrogen (secondary N) is 4. The number of amides is 4. The Morgan fingerprint density at radius 2 is 1.82 bits per heavy atom. The molecule has 0 aromatic heterocycles. The summed E-state index contributed by atoms with van der Waals surface area (Å²) in [6.45, 7) is 9.78. The van der Waals surface area contributed by atoms with Crippen molar-refractivity contribution in [2.45, 2.75) is 91.3 Å². The Morgan fingerprint density at radius 3 is 2.45 bits per heavy atom. The fourth-order valence-electron chi connectivity index (χ4n) is 3.41. The van der Waals surface area contributed by atoms with Gasteiger partial charge in [-0.05, 0) is 56.9 Å². The number of hydrogen-bond donors (Lipinski definition) is 4. The van der Waals surface area contributed by atoms with E-state index in [4.69, 9.17) is 0 Å². The van der Waals surface area contributed by atoms with Crippen LogP contribution in [0.15, 0.2) is 12.2 Å². The Bertz CT molecular complexity index is 734. The molecule has 0 aromatic carbocycles. The number of carbonyl (C=O) groups is 5. The van der Waals surface area contributed by atoms with Gasteiger partial charge in [-0.15, -0.1) is 0 Å². The molecular formula is C24H40N4O5. The molecule has 0 aromatic rings. The number of hydrogen-bond acceptors (Lipinski definition) is 5. The Balaban J connectivity index is 2.87. The topological polar surface area (TPSA) is 133 Å². The molecule has 1 saturated heterocycles. The minimum absolute atomic E-state index is 0.127. The van der Waals surface area contributed by atoms with Crippen LogP contribution in [0.3, 0.4) is 0 Å². The van der Waals surface area contributed by atoms with Crippen LogP contribution in [-0.2, 0) is 24.0 Å². The summed E-state index contributed by atoms with van der Waals surface area (Å²) < 4.78 is 0. The standard InChI is InChI=1S/C24H40N4O5/c1-6-16(4)10-7-8-12-20(29)27-18-11-9-13-25-22(31)19(14-15(2)3)28-24(33)21(30)17(5)26-23(18)32/h8,12,15-19H,6-7,9-11,13-14H2,1-5H3,(H,25,31)(H,26,32)(H,27,29)(H,28,33)/b12-8+/t16-,17+,18+,19+/m1/s1. The largest absolute Gasteiger partial charge is 0.354 e. The molecule has 0 saturated carbocycles. The van der Waals surface area contributed by atoms with E-state index in [0.29, 0.717) is 18.8 Å². The summed E-state index contributed by atoms with van der Waals surface area (Å²) >= 11 is 0. The smallest absolute Gasteiger partial charge is 0.290 e. The number of carbonyl (C=O) groups excluding carboxylic acids is 5. The van der Waals surface area contributed by atoms with E-state index in [-0.39, 0.29) is 24.8 Å². The maximum Gasteiger partial charge on any atom is 0.290 e. The van der Waals surface area contributed by atoms with E-state index in [1.54, 1.807) is 6.08 Å². The van der Waals surface area contributed by atoms with Crippen LogP contribution in [0.4, 0.5) is 0 Å². The molecule has 4 amide bonds. The van der Waals surface area contributed by atoms with Crippen molar-refractivity contribution in [2.24, 2.45) is 11.8 Å². The zero-order valence-electron chi connectivity index (χ0n) is 20.5. The second-order valence-corrected chi connectivity index (χ2v) is 9.24. The molecule has 1 aliphatic heterocycles. The Morgan fingerprint density at radius 1 is 1.12 bits per heavy atom. The molecule has 0 bridgehead atoms. The van der Waals surface area contributed by atoms with Crippen LogP contribution in [0.2, 0.25) is 0 Å². The first-order valence-electron chi connectivity index (χ1n) is 11.9. The molecule has 1 aliphatic rings. The molecule has 0 spiro atoms. The second-order valence-electron chi connectivity index (χ2n) is 9.24. The van der Waals surface area contributed by atoms with Gasteiger partial charge in [0.25, 0.3) is 5.91 Å². The van der Waals surface area contributed by atoms with Crippen LogP contribution in [-0.4, -0.2) is 54.1 Å². The van der Waals surface area contributed by atoms with Gasteiger partial charge in [0.1, 0.15) is 12.1 Å². The van der Waals surface area contributed by atoms with Crippen LogP contribution < -0.4 is 21.3 Å². The Hall–Kier alpha value is -2.71. The molecule has 1 heterocycles. The molecule has 4 N–H and O–H groups in total. The first-order chi connectivity index (χ1) is 15.5. The van der Waals surface area contributed by atoms with Crippen molar-refractivity contribution in [3.05, 3.63) is 12.2 Å². The van der Waals surface area contributed by atoms with Crippen LogP contribution >= 0.6 is 0 Å². The molecular weight excluding hydrogens is 424 g/mol. The fourth-order valence-corrected chi connectivity index (χ4v) is 3.41. The van der Waals surface area contributed by atoms with Gasteiger partial charge in [-0.3, -0.25) is 24.0 Å². The highest BCUT2D eigenvalue weighted by Gasteiger charge is 2.30. The van der Waals surface area contributed by atoms with Crippen molar-refractivity contribution in [2.75, 3.05) is 6.54 Å². The average molecular weight is 465 g/mol. The monoisotopic (exact) mass is 464 g/mol. The Labute approximate surface area is 196 Å². The van der Waals surface area contributed by atoms with Gasteiger partial charge in [0.15, 0.2) is 0 Å². The maximum absolute atomic E-state index is 12.7. The lowest BCUT2D eigenvalue weighted by atomic mass is 10.0. The second kappa shape index (κ2) is 14.4. The number of allylic oxidation sites excluding steroid dienone is 1. The summed E-state index contributed by atoms with van der Waals surface area (Å²) in [6.07, 6.45) is 7.11. The lowest BCUT2D eigenvalue weighted by Crippen LogP contribution is -2.54. The van der Waals surface area contributed by atoms with Crippen molar-refractivity contribution in [3.63, 3.8) is 0 Å². The van der Waals surface area contributed by atoms with Crippen molar-refractivity contribution >= 4 is 29.4 Å². The van der Waals surface area contributed by atoms with E-state index in [1.165, 1.54) is 13.0 Å². The fraction of sp³-hybridized carbons (Fsp3) is 0.708. The highest BCUT2D eigenvalue weighted by molar-refractivity contribution is 6.38. The minimum Gasteiger partial charge on any atom is -0.354 e. The van der Waals surface area contributed by atoms with Gasteiger partial charge in [0.2, 0.25) is 23.5 Å². The van der Waals surface area contributed by atoms with E-state index >= 15 is 0 Å². The SMILES string of the molecule is CC[C@@H](C)CC/C=C/C(=O)N[C@H]1CCCNC(=O)[C@H](CC(C)C)NC(=O)C(=O)[C@H](C)NC1=O. The molecule has 0 radical (unpaired) electrons. The number of rotatable bonds is 8. The zero-order valence-corrected chi connectivity index (χ0v) is 20.5. The van der Waals surface area contributed by atoms with Crippen LogP contribution in [0, 0.1) is 11.8 Å². The first kappa shape index (κ1) is 28.3. The first-order valence-corrected chi connectivity index (χ1v) is 11.9. The predicted octanol–water partition coefficient (Wildman–Crippen LogP) is 1.37. The van der Waals surface area contributed by atoms with E-state index < -0.39 is 41.6 Å². The van der Waals surface area contributed by atoms with Gasteiger partial charge in [-0.2, -0.15) is 0 Å². The summed E-state index contributed by atoms with van der Waals surface area (Å²) in [5.41, 5.74) is 0. The van der Waals surface area contributed by atoms with E-state index in [1.807, 2.05) is 13.8 Å². The maximum atomic E-state index is 12.7. The van der Waals surface area contributed by atoms with E-state index in [0.717, 1.165) is 19.3 Å². The Kier molecular flexibility index (Phi) is 12.4. The third-order valence-corrected chi connectivity index (χ3v) is 5.70. The highest BCUT2D eigenvalue weighted by atomic mass is 16.2. The molecule has 1 rings (SSSR count). The molecule has 33 heavy (non-hydrogen) atoms. The van der Waals surface area contributed by atoms with Crippen molar-refractivity contribution < 1.29 is 24.0 Å². The van der Waals surface area contributed by atoms with Crippen molar-refractivity contribution in [1.82, 2.24) is 21.3 Å². The summed E-state index contributed by atoms with van der Waals surface area (Å²) in [4.78, 5) is 62.4. The molecule has 9 heteroatoms. The van der Waals surface area contributed by atoms with Gasteiger partial charge in [0.05, 0.1) is 6.04 Å². The number of Topliss-reactive ketones (excluding diaryl/α,β-unsaturated/α-hetero) is 1. The van der Waals surface area contributed by atoms with Crippen molar-refractivity contribution in [1.29, 1.82) is 0 Å². The zero-order chi connectivity index (χ0) is 25.0. The van der Waals surface area contributed by atoms with E-state index in [2.05, 4.69) is 35.1 Å². The summed E-state index contributed by atoms with van der Waals surface area (Å²) in [5.74, 6) is -2.39. The summed E-state index contributed by atoms with van der Waals surface area (Å²) in [7, 11) is 0. The molecule has 186 valence electrons. The molecule has 1 fully saturated rings. The lowest BCUT2D eigenvalue weighted by molar-refractivity contribution is -0.141. The van der Waals surface area contributed by atoms with E-state index in [9.17, 15) is 24.0 Å². The third-order valence-electron chi connectivity index (χ3n) is 5.70. The molecule has 9 nitrogen and oxygen atoms in total. The van der Waals surface area contributed by atoms with Crippen LogP contribution in [0.5, 0.6) is 0 Å². The molecule has 0 unspecified atom stereocenters. The summed E-state index contributed by atoms with van der Waals surface area (Å²) in [5, 5.41) is 10.4. The average Bonchev–Trinajstić information content (AvgIpc) is 2.76. The quantitative estimate of drug-likeness (QED) is 0.318. The lowest BCUT2D eigenvalue weighted by Gasteiger charge is -2.20. The third kappa shape index (κ3) is 10.6. The number of ketones is 1. The van der Waals surface area contributed by atoms with Gasteiger partial charge in [-0.1, -0.05) is 40.2 Å². The predicted molar refractivity (Wildman–Crippen MR) is 126 cm³/mol. The van der Waals surface area contributed by atoms with Gasteiger partial charge >= 0.3 is 0 Å². The minimum atomic E-state index is -1.09. The van der Waals surface area contributed by atoms with Gasteiger partial charge in [0, 0.05) is 6.54 Å². The van der Waals surface area contributed by atoms with Crippen LogP contribution in [0.1, 0.15) is 73.1 Å². The van der Waals surface area contributed by atoms with Gasteiger partial charge in [-0.25, -0.2) is 0 Å². The van der Waals surface area contributed by atoms with Crippen molar-refractivity contribution in [3.8, 4) is 0 Å². The molecule has 4 atom stereocenters. The van der Waals surface area contributed by atoms with Gasteiger partial charge < -0.3 is 21.3 Å². The highest BCUT2D eigenvalue weighted by Crippen LogP contribution is 2.10. The molecule has 0 aliphatic carbocycles. The van der Waals surface area contributed by atoms with Crippen LogP contribution in [0.25, 0.3) is 0 Å².